The summed E-state index contributed by atoms with van der Waals surface area (Å²) >= 11 is 1.24. The first-order chi connectivity index (χ1) is 14.0. The van der Waals surface area contributed by atoms with Crippen LogP contribution in [0.25, 0.3) is 22.1 Å². The quantitative estimate of drug-likeness (QED) is 0.370. The molecular weight excluding hydrogens is 386 g/mol. The predicted molar refractivity (Wildman–Crippen MR) is 114 cm³/mol. The molecule has 4 aromatic rings. The molecule has 0 fully saturated rings. The highest BCUT2D eigenvalue weighted by atomic mass is 32.2. The zero-order valence-corrected chi connectivity index (χ0v) is 16.8. The molecule has 2 aromatic heterocycles. The van der Waals surface area contributed by atoms with Crippen LogP contribution in [0.4, 0.5) is 5.69 Å². The Bertz CT molecular complexity index is 1200. The zero-order valence-electron chi connectivity index (χ0n) is 16.0. The highest BCUT2D eigenvalue weighted by Gasteiger charge is 2.12. The summed E-state index contributed by atoms with van der Waals surface area (Å²) in [6.07, 6.45) is 0. The molecule has 0 aliphatic heterocycles. The topological polar surface area (TPSA) is 101 Å². The Balaban J connectivity index is 1.42. The number of H-pyrrole nitrogens is 1. The molecule has 1 amide bonds. The molecule has 0 aliphatic carbocycles. The number of thioether (sulfide) groups is 1. The van der Waals surface area contributed by atoms with E-state index < -0.39 is 0 Å². The number of rotatable bonds is 6. The number of nitrogens with one attached hydrogen (secondary N) is 2. The third-order valence-corrected chi connectivity index (χ3v) is 5.27. The van der Waals surface area contributed by atoms with E-state index >= 15 is 0 Å². The number of aromatic nitrogens is 4. The number of hydrogen-bond acceptors (Lipinski definition) is 6. The maximum atomic E-state index is 12.5. The lowest BCUT2D eigenvalue weighted by atomic mass is 10.1. The van der Waals surface area contributed by atoms with Gasteiger partial charge in [-0.05, 0) is 30.3 Å². The highest BCUT2D eigenvalue weighted by molar-refractivity contribution is 7.99. The zero-order chi connectivity index (χ0) is 20.4. The molecule has 0 aliphatic rings. The Labute approximate surface area is 171 Å². The fraction of sp³-hybridized carbons (Fsp3) is 0.190. The van der Waals surface area contributed by atoms with Gasteiger partial charge in [-0.15, -0.1) is 10.2 Å². The standard InChI is InChI=1S/C21H19N5O2S/c1-12(2)20(28)22-14-9-7-13(8-10-14)17(27)11-29-21-24-19-18(25-26-21)15-5-3-4-6-16(15)23-19/h3-10,12H,11H2,1-2H3,(H,22,28)(H,23,24,26). The molecule has 0 saturated heterocycles. The smallest absolute Gasteiger partial charge is 0.226 e. The third kappa shape index (κ3) is 4.12. The van der Waals surface area contributed by atoms with Gasteiger partial charge in [0, 0.05) is 28.1 Å². The second kappa shape index (κ2) is 8.00. The number of aromatic amines is 1. The van der Waals surface area contributed by atoms with Crippen molar-refractivity contribution in [3.05, 3.63) is 54.1 Å². The first kappa shape index (κ1) is 19.1. The van der Waals surface area contributed by atoms with E-state index in [1.54, 1.807) is 24.3 Å². The van der Waals surface area contributed by atoms with Crippen LogP contribution < -0.4 is 5.32 Å². The lowest BCUT2D eigenvalue weighted by Crippen LogP contribution is -2.17. The Morgan fingerprint density at radius 3 is 2.59 bits per heavy atom. The lowest BCUT2D eigenvalue weighted by molar-refractivity contribution is -0.118. The molecule has 0 atom stereocenters. The van der Waals surface area contributed by atoms with Gasteiger partial charge >= 0.3 is 0 Å². The van der Waals surface area contributed by atoms with Crippen molar-refractivity contribution in [3.63, 3.8) is 0 Å². The van der Waals surface area contributed by atoms with Crippen molar-refractivity contribution >= 4 is 51.2 Å². The van der Waals surface area contributed by atoms with Crippen LogP contribution in [-0.4, -0.2) is 37.6 Å². The maximum absolute atomic E-state index is 12.5. The number of Topliss-reactive ketones (excluding diaryl/α,β-unsaturated/α-hetero) is 1. The van der Waals surface area contributed by atoms with Crippen LogP contribution >= 0.6 is 11.8 Å². The number of amides is 1. The summed E-state index contributed by atoms with van der Waals surface area (Å²) in [4.78, 5) is 31.9. The van der Waals surface area contributed by atoms with E-state index in [1.807, 2.05) is 38.1 Å². The van der Waals surface area contributed by atoms with Crippen LogP contribution in [0.3, 0.4) is 0 Å². The van der Waals surface area contributed by atoms with Gasteiger partial charge in [-0.1, -0.05) is 43.8 Å². The first-order valence-electron chi connectivity index (χ1n) is 9.19. The van der Waals surface area contributed by atoms with Gasteiger partial charge in [-0.25, -0.2) is 4.98 Å². The SMILES string of the molecule is CC(C)C(=O)Nc1ccc(C(=O)CSc2nnc3c(n2)[nH]c2ccccc23)cc1. The Hall–Kier alpha value is -3.26. The summed E-state index contributed by atoms with van der Waals surface area (Å²) in [5, 5.41) is 12.6. The van der Waals surface area contributed by atoms with Crippen LogP contribution in [-0.2, 0) is 4.79 Å². The molecule has 4 rings (SSSR count). The number of hydrogen-bond donors (Lipinski definition) is 2. The summed E-state index contributed by atoms with van der Waals surface area (Å²) in [5.74, 6) is -0.00451. The van der Waals surface area contributed by atoms with E-state index in [-0.39, 0.29) is 23.4 Å². The monoisotopic (exact) mass is 405 g/mol. The summed E-state index contributed by atoms with van der Waals surface area (Å²) in [6, 6.07) is 14.7. The molecule has 29 heavy (non-hydrogen) atoms. The molecule has 0 saturated carbocycles. The van der Waals surface area contributed by atoms with Crippen molar-refractivity contribution in [3.8, 4) is 0 Å². The highest BCUT2D eigenvalue weighted by Crippen LogP contribution is 2.23. The minimum absolute atomic E-state index is 0.0444. The number of fused-ring (bicyclic) bond motifs is 3. The van der Waals surface area contributed by atoms with Crippen molar-refractivity contribution in [2.45, 2.75) is 19.0 Å². The normalized spacial score (nSPS) is 11.3. The molecule has 8 heteroatoms. The largest absolute Gasteiger partial charge is 0.338 e. The van der Waals surface area contributed by atoms with Gasteiger partial charge in [-0.3, -0.25) is 9.59 Å². The van der Waals surface area contributed by atoms with Crippen molar-refractivity contribution in [2.24, 2.45) is 5.92 Å². The van der Waals surface area contributed by atoms with Gasteiger partial charge in [0.15, 0.2) is 11.4 Å². The second-order valence-corrected chi connectivity index (χ2v) is 7.84. The van der Waals surface area contributed by atoms with Crippen molar-refractivity contribution in [1.82, 2.24) is 20.2 Å². The summed E-state index contributed by atoms with van der Waals surface area (Å²) in [5.41, 5.74) is 3.56. The van der Waals surface area contributed by atoms with E-state index in [9.17, 15) is 9.59 Å². The van der Waals surface area contributed by atoms with Crippen molar-refractivity contribution < 1.29 is 9.59 Å². The fourth-order valence-corrected chi connectivity index (χ4v) is 3.49. The molecule has 2 N–H and O–H groups in total. The molecule has 0 unspecified atom stereocenters. The number of nitrogens with zero attached hydrogens (tertiary/aromatic N) is 3. The first-order valence-corrected chi connectivity index (χ1v) is 10.2. The molecule has 7 nitrogen and oxygen atoms in total. The van der Waals surface area contributed by atoms with E-state index in [0.29, 0.717) is 22.1 Å². The number of carbonyl (C=O) groups excluding carboxylic acids is 2. The summed E-state index contributed by atoms with van der Waals surface area (Å²) in [7, 11) is 0. The molecule has 2 aromatic carbocycles. The van der Waals surface area contributed by atoms with E-state index in [1.165, 1.54) is 11.8 Å². The summed E-state index contributed by atoms with van der Waals surface area (Å²) < 4.78 is 0. The molecule has 0 radical (unpaired) electrons. The molecule has 0 spiro atoms. The Kier molecular flexibility index (Phi) is 5.26. The average Bonchev–Trinajstić information content (AvgIpc) is 3.10. The minimum Gasteiger partial charge on any atom is -0.338 e. The number of benzene rings is 2. The van der Waals surface area contributed by atoms with Crippen LogP contribution in [0.5, 0.6) is 0 Å². The Morgan fingerprint density at radius 1 is 1.07 bits per heavy atom. The van der Waals surface area contributed by atoms with Gasteiger partial charge in [0.25, 0.3) is 0 Å². The van der Waals surface area contributed by atoms with Gasteiger partial charge in [0.05, 0.1) is 5.75 Å². The van der Waals surface area contributed by atoms with Gasteiger partial charge in [-0.2, -0.15) is 0 Å². The van der Waals surface area contributed by atoms with Crippen LogP contribution in [0.1, 0.15) is 24.2 Å². The minimum atomic E-state index is -0.101. The van der Waals surface area contributed by atoms with Crippen LogP contribution in [0, 0.1) is 5.92 Å². The molecule has 0 bridgehead atoms. The third-order valence-electron chi connectivity index (χ3n) is 4.43. The van der Waals surface area contributed by atoms with E-state index in [4.69, 9.17) is 0 Å². The summed E-state index contributed by atoms with van der Waals surface area (Å²) in [6.45, 7) is 3.66. The van der Waals surface area contributed by atoms with Gasteiger partial charge < -0.3 is 10.3 Å². The number of anilines is 1. The maximum Gasteiger partial charge on any atom is 0.226 e. The van der Waals surface area contributed by atoms with E-state index in [2.05, 4.69) is 25.5 Å². The molecular formula is C21H19N5O2S. The van der Waals surface area contributed by atoms with Crippen LogP contribution in [0.15, 0.2) is 53.7 Å². The van der Waals surface area contributed by atoms with Crippen molar-refractivity contribution in [2.75, 3.05) is 11.1 Å². The Morgan fingerprint density at radius 2 is 1.83 bits per heavy atom. The fourth-order valence-electron chi connectivity index (χ4n) is 2.81. The van der Waals surface area contributed by atoms with Crippen LogP contribution in [0.2, 0.25) is 0 Å². The number of para-hydroxylation sites is 1. The second-order valence-electron chi connectivity index (χ2n) is 6.90. The number of ketones is 1. The lowest BCUT2D eigenvalue weighted by Gasteiger charge is -2.08. The molecule has 2 heterocycles. The predicted octanol–water partition coefficient (Wildman–Crippen LogP) is 4.08. The van der Waals surface area contributed by atoms with Gasteiger partial charge in [0.2, 0.25) is 11.1 Å². The van der Waals surface area contributed by atoms with Gasteiger partial charge in [0.1, 0.15) is 5.52 Å². The molecule has 146 valence electrons. The average molecular weight is 405 g/mol. The number of carbonyl (C=O) groups is 2. The van der Waals surface area contributed by atoms with E-state index in [0.717, 1.165) is 16.4 Å². The van der Waals surface area contributed by atoms with Crippen molar-refractivity contribution in [1.29, 1.82) is 0 Å².